The van der Waals surface area contributed by atoms with E-state index in [2.05, 4.69) is 10.3 Å². The van der Waals surface area contributed by atoms with E-state index in [1.165, 1.54) is 12.1 Å². The minimum atomic E-state index is -0.365. The monoisotopic (exact) mass is 247 g/mol. The van der Waals surface area contributed by atoms with E-state index >= 15 is 0 Å². The topological polar surface area (TPSA) is 46.9 Å². The number of carbonyl (C=O) groups excluding carboxylic acids is 1. The normalized spacial score (nSPS) is 12.1. The Bertz CT molecular complexity index is 525. The highest BCUT2D eigenvalue weighted by Crippen LogP contribution is 2.13. The van der Waals surface area contributed by atoms with Crippen molar-refractivity contribution in [3.63, 3.8) is 0 Å². The molecule has 1 heterocycles. The molecule has 1 aromatic carbocycles. The molecule has 5 heteroatoms. The second-order valence-corrected chi connectivity index (χ2v) is 4.12. The van der Waals surface area contributed by atoms with Crippen molar-refractivity contribution in [3.8, 4) is 0 Å². The molecule has 4 nitrogen and oxygen atoms in total. The Morgan fingerprint density at radius 2 is 2.39 bits per heavy atom. The first kappa shape index (κ1) is 12.3. The van der Waals surface area contributed by atoms with Gasteiger partial charge in [0.05, 0.1) is 6.33 Å². The van der Waals surface area contributed by atoms with E-state index in [9.17, 15) is 9.18 Å². The minimum Gasteiger partial charge on any atom is -0.334 e. The number of aromatic nitrogens is 2. The molecule has 2 rings (SSSR count). The number of rotatable bonds is 4. The van der Waals surface area contributed by atoms with E-state index in [1.807, 2.05) is 11.5 Å². The van der Waals surface area contributed by atoms with E-state index in [-0.39, 0.29) is 17.8 Å². The molecule has 18 heavy (non-hydrogen) atoms. The third-order valence-corrected chi connectivity index (χ3v) is 2.62. The Hall–Kier alpha value is -2.17. The molecule has 0 radical (unpaired) electrons. The molecule has 1 aromatic heterocycles. The van der Waals surface area contributed by atoms with E-state index in [0.717, 1.165) is 0 Å². The summed E-state index contributed by atoms with van der Waals surface area (Å²) in [6.07, 6.45) is 5.45. The number of nitrogens with zero attached hydrogens (tertiary/aromatic N) is 2. The smallest absolute Gasteiger partial charge is 0.226 e. The third kappa shape index (κ3) is 3.16. The number of hydrogen-bond acceptors (Lipinski definition) is 2. The molecular formula is C13H14FN3O. The number of anilines is 1. The van der Waals surface area contributed by atoms with Gasteiger partial charge in [-0.2, -0.15) is 0 Å². The van der Waals surface area contributed by atoms with Crippen LogP contribution in [0.2, 0.25) is 0 Å². The Labute approximate surface area is 104 Å². The number of halogens is 1. The number of nitrogens with one attached hydrogen (secondary N) is 1. The molecule has 0 bridgehead atoms. The zero-order chi connectivity index (χ0) is 13.0. The summed E-state index contributed by atoms with van der Waals surface area (Å²) in [4.78, 5) is 15.7. The van der Waals surface area contributed by atoms with Crippen LogP contribution in [0.1, 0.15) is 19.4 Å². The van der Waals surface area contributed by atoms with Gasteiger partial charge in [0.15, 0.2) is 0 Å². The number of carbonyl (C=O) groups is 1. The number of hydrogen-bond donors (Lipinski definition) is 1. The van der Waals surface area contributed by atoms with Crippen molar-refractivity contribution in [2.45, 2.75) is 19.4 Å². The molecule has 0 fully saturated rings. The number of benzene rings is 1. The SMILES string of the molecule is C[C@H](CC(=O)Nc1cccc(F)c1)n1ccnc1. The zero-order valence-electron chi connectivity index (χ0n) is 10.0. The molecule has 0 spiro atoms. The van der Waals surface area contributed by atoms with Crippen LogP contribution in [0.25, 0.3) is 0 Å². The van der Waals surface area contributed by atoms with Gasteiger partial charge in [-0.1, -0.05) is 6.07 Å². The first-order valence-corrected chi connectivity index (χ1v) is 5.68. The first-order chi connectivity index (χ1) is 8.65. The summed E-state index contributed by atoms with van der Waals surface area (Å²) in [5, 5.41) is 2.66. The highest BCUT2D eigenvalue weighted by molar-refractivity contribution is 5.90. The lowest BCUT2D eigenvalue weighted by atomic mass is 10.2. The third-order valence-electron chi connectivity index (χ3n) is 2.62. The zero-order valence-corrected chi connectivity index (χ0v) is 10.0. The summed E-state index contributed by atoms with van der Waals surface area (Å²) in [6, 6.07) is 5.86. The summed E-state index contributed by atoms with van der Waals surface area (Å²) >= 11 is 0. The highest BCUT2D eigenvalue weighted by Gasteiger charge is 2.10. The molecule has 2 aromatic rings. The van der Waals surface area contributed by atoms with Gasteiger partial charge in [-0.3, -0.25) is 4.79 Å². The van der Waals surface area contributed by atoms with Crippen LogP contribution < -0.4 is 5.32 Å². The van der Waals surface area contributed by atoms with Crippen LogP contribution in [0.5, 0.6) is 0 Å². The predicted molar refractivity (Wildman–Crippen MR) is 66.6 cm³/mol. The average Bonchev–Trinajstić information content (AvgIpc) is 2.81. The molecule has 94 valence electrons. The maximum absolute atomic E-state index is 12.9. The fraction of sp³-hybridized carbons (Fsp3) is 0.231. The van der Waals surface area contributed by atoms with E-state index in [1.54, 1.807) is 30.9 Å². The van der Waals surface area contributed by atoms with Crippen molar-refractivity contribution in [1.29, 1.82) is 0 Å². The Kier molecular flexibility index (Phi) is 3.72. The lowest BCUT2D eigenvalue weighted by Crippen LogP contribution is -2.17. The fourth-order valence-electron chi connectivity index (χ4n) is 1.68. The quantitative estimate of drug-likeness (QED) is 0.902. The van der Waals surface area contributed by atoms with Crippen molar-refractivity contribution in [1.82, 2.24) is 9.55 Å². The van der Waals surface area contributed by atoms with Crippen molar-refractivity contribution in [3.05, 3.63) is 48.8 Å². The number of imidazole rings is 1. The molecule has 0 unspecified atom stereocenters. The number of amides is 1. The molecule has 0 saturated carbocycles. The van der Waals surface area contributed by atoms with Crippen LogP contribution >= 0.6 is 0 Å². The Morgan fingerprint density at radius 3 is 3.06 bits per heavy atom. The van der Waals surface area contributed by atoms with Gasteiger partial charge in [-0.25, -0.2) is 9.37 Å². The maximum Gasteiger partial charge on any atom is 0.226 e. The van der Waals surface area contributed by atoms with Gasteiger partial charge >= 0.3 is 0 Å². The van der Waals surface area contributed by atoms with Crippen molar-refractivity contribution in [2.24, 2.45) is 0 Å². The summed E-state index contributed by atoms with van der Waals surface area (Å²) < 4.78 is 14.8. The molecule has 0 aliphatic heterocycles. The van der Waals surface area contributed by atoms with E-state index in [4.69, 9.17) is 0 Å². The van der Waals surface area contributed by atoms with Crippen LogP contribution in [-0.2, 0) is 4.79 Å². The predicted octanol–water partition coefficient (Wildman–Crippen LogP) is 2.61. The molecule has 1 N–H and O–H groups in total. The largest absolute Gasteiger partial charge is 0.334 e. The van der Waals surface area contributed by atoms with Crippen LogP contribution in [0.4, 0.5) is 10.1 Å². The summed E-state index contributed by atoms with van der Waals surface area (Å²) in [6.45, 7) is 1.92. The van der Waals surface area contributed by atoms with Crippen LogP contribution in [0.3, 0.4) is 0 Å². The minimum absolute atomic E-state index is 0.0149. The Balaban J connectivity index is 1.93. The summed E-state index contributed by atoms with van der Waals surface area (Å²) in [5.41, 5.74) is 0.470. The van der Waals surface area contributed by atoms with E-state index in [0.29, 0.717) is 12.1 Å². The van der Waals surface area contributed by atoms with Gasteiger partial charge in [0.25, 0.3) is 0 Å². The van der Waals surface area contributed by atoms with Crippen molar-refractivity contribution >= 4 is 11.6 Å². The fourth-order valence-corrected chi connectivity index (χ4v) is 1.68. The van der Waals surface area contributed by atoms with Gasteiger partial charge in [0.1, 0.15) is 5.82 Å². The van der Waals surface area contributed by atoms with Gasteiger partial charge < -0.3 is 9.88 Å². The standard InChI is InChI=1S/C13H14FN3O/c1-10(17-6-5-15-9-17)7-13(18)16-12-4-2-3-11(14)8-12/h2-6,8-10H,7H2,1H3,(H,16,18)/t10-/m1/s1. The maximum atomic E-state index is 12.9. The van der Waals surface area contributed by atoms with Crippen molar-refractivity contribution < 1.29 is 9.18 Å². The van der Waals surface area contributed by atoms with Crippen LogP contribution in [0, 0.1) is 5.82 Å². The molecule has 1 amide bonds. The van der Waals surface area contributed by atoms with Gasteiger partial charge in [0.2, 0.25) is 5.91 Å². The Morgan fingerprint density at radius 1 is 1.56 bits per heavy atom. The molecule has 0 aliphatic rings. The average molecular weight is 247 g/mol. The lowest BCUT2D eigenvalue weighted by Gasteiger charge is -2.12. The summed E-state index contributed by atoms with van der Waals surface area (Å²) in [5.74, 6) is -0.516. The molecule has 0 saturated heterocycles. The molecule has 0 aliphatic carbocycles. The van der Waals surface area contributed by atoms with Gasteiger partial charge in [-0.05, 0) is 25.1 Å². The van der Waals surface area contributed by atoms with Crippen LogP contribution in [0.15, 0.2) is 43.0 Å². The molecule has 1 atom stereocenters. The lowest BCUT2D eigenvalue weighted by molar-refractivity contribution is -0.116. The van der Waals surface area contributed by atoms with Gasteiger partial charge in [-0.15, -0.1) is 0 Å². The van der Waals surface area contributed by atoms with Gasteiger partial charge in [0, 0.05) is 30.5 Å². The first-order valence-electron chi connectivity index (χ1n) is 5.68. The van der Waals surface area contributed by atoms with Crippen molar-refractivity contribution in [2.75, 3.05) is 5.32 Å². The second kappa shape index (κ2) is 5.44. The summed E-state index contributed by atoms with van der Waals surface area (Å²) in [7, 11) is 0. The highest BCUT2D eigenvalue weighted by atomic mass is 19.1. The second-order valence-electron chi connectivity index (χ2n) is 4.12. The van der Waals surface area contributed by atoms with Crippen LogP contribution in [-0.4, -0.2) is 15.5 Å². The van der Waals surface area contributed by atoms with E-state index < -0.39 is 0 Å². The molecular weight excluding hydrogens is 233 g/mol.